The second-order valence-electron chi connectivity index (χ2n) is 5.67. The van der Waals surface area contributed by atoms with Gasteiger partial charge in [0.15, 0.2) is 0 Å². The van der Waals surface area contributed by atoms with Crippen LogP contribution >= 0.6 is 0 Å². The fourth-order valence-corrected chi connectivity index (χ4v) is 2.72. The molecule has 3 heterocycles. The van der Waals surface area contributed by atoms with Gasteiger partial charge in [0, 0.05) is 37.6 Å². The number of carbonyl (C=O) groups excluding carboxylic acids is 1. The van der Waals surface area contributed by atoms with Crippen LogP contribution in [0, 0.1) is 11.3 Å². The third-order valence-electron chi connectivity index (χ3n) is 3.97. The number of nitriles is 1. The number of aromatic nitrogens is 2. The number of pyridine rings is 1. The molecule has 2 aromatic heterocycles. The smallest absolute Gasteiger partial charge is 0.267 e. The van der Waals surface area contributed by atoms with Crippen LogP contribution in [0.2, 0.25) is 0 Å². The molecule has 7 heteroatoms. The number of H-pyrrole nitrogens is 1. The second-order valence-corrected chi connectivity index (χ2v) is 5.67. The largest absolute Gasteiger partial charge is 0.487 e. The number of nitrogens with one attached hydrogen (secondary N) is 2. The Balaban J connectivity index is 1.59. The van der Waals surface area contributed by atoms with Crippen LogP contribution in [-0.4, -0.2) is 46.5 Å². The van der Waals surface area contributed by atoms with Crippen LogP contribution in [0.5, 0.6) is 5.75 Å². The SMILES string of the molecule is N#CCN1CC[C@H](Oc2cnccc2CNC(=O)c2ccc[nH]2)C1. The Morgan fingerprint density at radius 2 is 2.46 bits per heavy atom. The van der Waals surface area contributed by atoms with Crippen molar-refractivity contribution < 1.29 is 9.53 Å². The van der Waals surface area contributed by atoms with Crippen molar-refractivity contribution in [1.82, 2.24) is 20.2 Å². The molecule has 2 N–H and O–H groups in total. The summed E-state index contributed by atoms with van der Waals surface area (Å²) < 4.78 is 6.03. The number of carbonyl (C=O) groups is 1. The van der Waals surface area contributed by atoms with E-state index in [4.69, 9.17) is 10.00 Å². The first-order valence-corrected chi connectivity index (χ1v) is 7.86. The van der Waals surface area contributed by atoms with Gasteiger partial charge in [0.25, 0.3) is 5.91 Å². The summed E-state index contributed by atoms with van der Waals surface area (Å²) in [7, 11) is 0. The van der Waals surface area contributed by atoms with Gasteiger partial charge in [0.05, 0.1) is 18.8 Å². The summed E-state index contributed by atoms with van der Waals surface area (Å²) in [6.45, 7) is 2.38. The number of hydrogen-bond acceptors (Lipinski definition) is 5. The average molecular weight is 325 g/mol. The molecule has 7 nitrogen and oxygen atoms in total. The highest BCUT2D eigenvalue weighted by molar-refractivity contribution is 5.92. The van der Waals surface area contributed by atoms with E-state index in [0.717, 1.165) is 25.1 Å². The molecule has 1 fully saturated rings. The molecule has 0 radical (unpaired) electrons. The topological polar surface area (TPSA) is 94.0 Å². The minimum atomic E-state index is -0.163. The van der Waals surface area contributed by atoms with Crippen LogP contribution in [0.1, 0.15) is 22.5 Å². The van der Waals surface area contributed by atoms with Crippen molar-refractivity contribution in [3.63, 3.8) is 0 Å². The van der Waals surface area contributed by atoms with Gasteiger partial charge in [-0.25, -0.2) is 0 Å². The molecule has 0 bridgehead atoms. The predicted octanol–water partition coefficient (Wildman–Crippen LogP) is 1.32. The van der Waals surface area contributed by atoms with Crippen LogP contribution in [0.4, 0.5) is 0 Å². The highest BCUT2D eigenvalue weighted by Gasteiger charge is 2.24. The summed E-state index contributed by atoms with van der Waals surface area (Å²) >= 11 is 0. The lowest BCUT2D eigenvalue weighted by atomic mass is 10.2. The molecule has 1 aliphatic heterocycles. The Morgan fingerprint density at radius 1 is 1.54 bits per heavy atom. The van der Waals surface area contributed by atoms with Gasteiger partial charge in [-0.3, -0.25) is 14.7 Å². The van der Waals surface area contributed by atoms with Gasteiger partial charge in [-0.15, -0.1) is 0 Å². The van der Waals surface area contributed by atoms with Crippen molar-refractivity contribution >= 4 is 5.91 Å². The number of nitrogens with zero attached hydrogens (tertiary/aromatic N) is 3. The molecule has 0 aliphatic carbocycles. The lowest BCUT2D eigenvalue weighted by molar-refractivity contribution is 0.0946. The maximum atomic E-state index is 12.0. The van der Waals surface area contributed by atoms with Crippen molar-refractivity contribution in [2.45, 2.75) is 19.1 Å². The number of ether oxygens (including phenoxy) is 1. The fourth-order valence-electron chi connectivity index (χ4n) is 2.72. The molecular formula is C17H19N5O2. The zero-order valence-corrected chi connectivity index (χ0v) is 13.2. The van der Waals surface area contributed by atoms with Gasteiger partial charge >= 0.3 is 0 Å². The Kier molecular flexibility index (Phi) is 5.08. The van der Waals surface area contributed by atoms with Crippen molar-refractivity contribution in [3.8, 4) is 11.8 Å². The van der Waals surface area contributed by atoms with Crippen molar-refractivity contribution in [2.75, 3.05) is 19.6 Å². The summed E-state index contributed by atoms with van der Waals surface area (Å²) in [5.41, 5.74) is 1.40. The molecule has 0 aromatic carbocycles. The van der Waals surface area contributed by atoms with Gasteiger partial charge in [-0.2, -0.15) is 5.26 Å². The van der Waals surface area contributed by atoms with Crippen molar-refractivity contribution in [1.29, 1.82) is 5.26 Å². The van der Waals surface area contributed by atoms with E-state index in [1.807, 2.05) is 6.07 Å². The second kappa shape index (κ2) is 7.62. The van der Waals surface area contributed by atoms with E-state index in [0.29, 0.717) is 24.5 Å². The van der Waals surface area contributed by atoms with Crippen molar-refractivity contribution in [3.05, 3.63) is 48.0 Å². The van der Waals surface area contributed by atoms with Crippen LogP contribution in [0.25, 0.3) is 0 Å². The monoisotopic (exact) mass is 325 g/mol. The van der Waals surface area contributed by atoms with Crippen LogP contribution in [0.15, 0.2) is 36.8 Å². The molecule has 1 aliphatic rings. The maximum Gasteiger partial charge on any atom is 0.267 e. The predicted molar refractivity (Wildman–Crippen MR) is 87.3 cm³/mol. The number of amides is 1. The number of hydrogen-bond donors (Lipinski definition) is 2. The Hall–Kier alpha value is -2.85. The summed E-state index contributed by atoms with van der Waals surface area (Å²) in [5, 5.41) is 11.6. The molecule has 0 unspecified atom stereocenters. The highest BCUT2D eigenvalue weighted by Crippen LogP contribution is 2.21. The lowest BCUT2D eigenvalue weighted by Gasteiger charge is -2.17. The third kappa shape index (κ3) is 3.91. The Labute approximate surface area is 140 Å². The van der Waals surface area contributed by atoms with Gasteiger partial charge < -0.3 is 15.0 Å². The van der Waals surface area contributed by atoms with Crippen LogP contribution in [0.3, 0.4) is 0 Å². The molecule has 1 atom stereocenters. The van der Waals surface area contributed by atoms with E-state index >= 15 is 0 Å². The Morgan fingerprint density at radius 3 is 3.25 bits per heavy atom. The van der Waals surface area contributed by atoms with Gasteiger partial charge in [0.2, 0.25) is 0 Å². The van der Waals surface area contributed by atoms with E-state index < -0.39 is 0 Å². The normalized spacial score (nSPS) is 17.4. The highest BCUT2D eigenvalue weighted by atomic mass is 16.5. The van der Waals surface area contributed by atoms with Gasteiger partial charge in [0.1, 0.15) is 17.5 Å². The van der Waals surface area contributed by atoms with E-state index in [2.05, 4.69) is 26.3 Å². The summed E-state index contributed by atoms with van der Waals surface area (Å²) in [4.78, 5) is 21.1. The third-order valence-corrected chi connectivity index (χ3v) is 3.97. The lowest BCUT2D eigenvalue weighted by Crippen LogP contribution is -2.26. The first-order valence-electron chi connectivity index (χ1n) is 7.86. The molecule has 24 heavy (non-hydrogen) atoms. The molecule has 2 aromatic rings. The minimum absolute atomic E-state index is 0.0420. The molecule has 1 amide bonds. The van der Waals surface area contributed by atoms with E-state index in [-0.39, 0.29) is 12.0 Å². The van der Waals surface area contributed by atoms with Crippen LogP contribution in [-0.2, 0) is 6.54 Å². The molecular weight excluding hydrogens is 306 g/mol. The maximum absolute atomic E-state index is 12.0. The summed E-state index contributed by atoms with van der Waals surface area (Å²) in [6.07, 6.45) is 5.98. The van der Waals surface area contributed by atoms with Crippen molar-refractivity contribution in [2.24, 2.45) is 0 Å². The molecule has 124 valence electrons. The van der Waals surface area contributed by atoms with Gasteiger partial charge in [-0.05, 0) is 24.6 Å². The Bertz CT molecular complexity index is 723. The minimum Gasteiger partial charge on any atom is -0.487 e. The standard InChI is InChI=1S/C17H19N5O2/c18-5-9-22-8-4-14(12-22)24-16-11-19-7-3-13(16)10-21-17(23)15-2-1-6-20-15/h1-3,6-7,11,14,20H,4,8-10,12H2,(H,21,23)/t14-/m0/s1. The molecule has 1 saturated heterocycles. The fraction of sp³-hybridized carbons (Fsp3) is 0.353. The number of rotatable bonds is 6. The molecule has 0 saturated carbocycles. The number of aromatic amines is 1. The summed E-state index contributed by atoms with van der Waals surface area (Å²) in [6, 6.07) is 7.50. The van der Waals surface area contributed by atoms with Gasteiger partial charge in [-0.1, -0.05) is 0 Å². The first-order chi connectivity index (χ1) is 11.8. The quantitative estimate of drug-likeness (QED) is 0.781. The van der Waals surface area contributed by atoms with E-state index in [1.165, 1.54) is 0 Å². The zero-order valence-electron chi connectivity index (χ0n) is 13.2. The molecule has 3 rings (SSSR count). The average Bonchev–Trinajstić information content (AvgIpc) is 3.26. The van der Waals surface area contributed by atoms with E-state index in [1.54, 1.807) is 30.7 Å². The van der Waals surface area contributed by atoms with E-state index in [9.17, 15) is 4.79 Å². The first kappa shape index (κ1) is 16.0. The zero-order chi connectivity index (χ0) is 16.8. The summed E-state index contributed by atoms with van der Waals surface area (Å²) in [5.74, 6) is 0.511. The number of likely N-dealkylation sites (tertiary alicyclic amines) is 1. The molecule has 0 spiro atoms. The van der Waals surface area contributed by atoms with Crippen LogP contribution < -0.4 is 10.1 Å².